The summed E-state index contributed by atoms with van der Waals surface area (Å²) in [4.78, 5) is 19.5. The van der Waals surface area contributed by atoms with E-state index < -0.39 is 0 Å². The van der Waals surface area contributed by atoms with Crippen molar-refractivity contribution in [3.63, 3.8) is 0 Å². The molecule has 0 aromatic carbocycles. The van der Waals surface area contributed by atoms with E-state index in [4.69, 9.17) is 0 Å². The monoisotopic (exact) mass is 284 g/mol. The van der Waals surface area contributed by atoms with E-state index in [1.54, 1.807) is 24.7 Å². The molecule has 1 N–H and O–H groups in total. The van der Waals surface area contributed by atoms with Crippen LogP contribution in [0.15, 0.2) is 30.9 Å². The number of nitrogens with one attached hydrogen (secondary N) is 1. The summed E-state index contributed by atoms with van der Waals surface area (Å²) in [6, 6.07) is 1.78. The quantitative estimate of drug-likeness (QED) is 0.925. The van der Waals surface area contributed by atoms with Gasteiger partial charge in [-0.05, 0) is 51.4 Å². The van der Waals surface area contributed by atoms with Crippen molar-refractivity contribution in [2.45, 2.75) is 19.3 Å². The standard InChI is InChI=1S/C15H20N6/c1-21-7-3-12(4-8-21)9-13-10-19-14(11-18-13)20-15-16-5-2-6-17-15/h2,5-6,10-12H,3-4,7-9H2,1H3,(H,16,17,19,20). The molecule has 0 aliphatic carbocycles. The zero-order valence-electron chi connectivity index (χ0n) is 12.2. The average Bonchev–Trinajstić information content (AvgIpc) is 2.53. The maximum atomic E-state index is 4.49. The van der Waals surface area contributed by atoms with Gasteiger partial charge in [-0.1, -0.05) is 0 Å². The van der Waals surface area contributed by atoms with Crippen molar-refractivity contribution in [1.82, 2.24) is 24.8 Å². The van der Waals surface area contributed by atoms with Gasteiger partial charge >= 0.3 is 0 Å². The van der Waals surface area contributed by atoms with Crippen LogP contribution in [0.4, 0.5) is 11.8 Å². The molecule has 3 rings (SSSR count). The van der Waals surface area contributed by atoms with Crippen molar-refractivity contribution in [2.24, 2.45) is 5.92 Å². The number of likely N-dealkylation sites (tertiary alicyclic amines) is 1. The molecule has 3 heterocycles. The first-order chi connectivity index (χ1) is 10.3. The Labute approximate surface area is 124 Å². The number of aromatic nitrogens is 4. The van der Waals surface area contributed by atoms with Crippen molar-refractivity contribution in [2.75, 3.05) is 25.5 Å². The summed E-state index contributed by atoms with van der Waals surface area (Å²) in [5.41, 5.74) is 1.06. The van der Waals surface area contributed by atoms with Crippen molar-refractivity contribution in [3.8, 4) is 0 Å². The number of rotatable bonds is 4. The second-order valence-electron chi connectivity index (χ2n) is 5.54. The molecule has 1 aliphatic heterocycles. The smallest absolute Gasteiger partial charge is 0.228 e. The van der Waals surface area contributed by atoms with Gasteiger partial charge in [-0.3, -0.25) is 4.98 Å². The van der Waals surface area contributed by atoms with Crippen LogP contribution in [0.2, 0.25) is 0 Å². The predicted octanol–water partition coefficient (Wildman–Crippen LogP) is 1.89. The van der Waals surface area contributed by atoms with E-state index in [2.05, 4.69) is 37.2 Å². The van der Waals surface area contributed by atoms with Crippen LogP contribution in [-0.2, 0) is 6.42 Å². The van der Waals surface area contributed by atoms with Crippen molar-refractivity contribution in [3.05, 3.63) is 36.5 Å². The van der Waals surface area contributed by atoms with Gasteiger partial charge in [0, 0.05) is 12.4 Å². The molecule has 0 spiro atoms. The van der Waals surface area contributed by atoms with Crippen LogP contribution in [0.3, 0.4) is 0 Å². The summed E-state index contributed by atoms with van der Waals surface area (Å²) in [6.07, 6.45) is 10.5. The van der Waals surface area contributed by atoms with Crippen LogP contribution in [0, 0.1) is 5.92 Å². The number of anilines is 2. The highest BCUT2D eigenvalue weighted by Crippen LogP contribution is 2.20. The van der Waals surface area contributed by atoms with Gasteiger partial charge in [0.25, 0.3) is 0 Å². The van der Waals surface area contributed by atoms with Gasteiger partial charge in [-0.15, -0.1) is 0 Å². The Hall–Kier alpha value is -2.08. The Bertz CT molecular complexity index is 548. The third kappa shape index (κ3) is 3.95. The number of hydrogen-bond donors (Lipinski definition) is 1. The Morgan fingerprint density at radius 3 is 2.52 bits per heavy atom. The average molecular weight is 284 g/mol. The summed E-state index contributed by atoms with van der Waals surface area (Å²) >= 11 is 0. The number of piperidine rings is 1. The molecule has 1 fully saturated rings. The molecule has 2 aromatic heterocycles. The van der Waals surface area contributed by atoms with E-state index in [0.29, 0.717) is 11.8 Å². The van der Waals surface area contributed by atoms with E-state index in [9.17, 15) is 0 Å². The first-order valence-electron chi connectivity index (χ1n) is 7.33. The molecular weight excluding hydrogens is 264 g/mol. The van der Waals surface area contributed by atoms with E-state index in [1.165, 1.54) is 25.9 Å². The summed E-state index contributed by atoms with van der Waals surface area (Å²) in [6.45, 7) is 2.37. The topological polar surface area (TPSA) is 66.8 Å². The van der Waals surface area contributed by atoms with Gasteiger partial charge in [-0.25, -0.2) is 15.0 Å². The number of hydrogen-bond acceptors (Lipinski definition) is 6. The first kappa shape index (κ1) is 13.9. The van der Waals surface area contributed by atoms with Gasteiger partial charge in [0.2, 0.25) is 5.95 Å². The van der Waals surface area contributed by atoms with Gasteiger partial charge in [0.1, 0.15) is 0 Å². The summed E-state index contributed by atoms with van der Waals surface area (Å²) < 4.78 is 0. The zero-order valence-corrected chi connectivity index (χ0v) is 12.2. The fourth-order valence-corrected chi connectivity index (χ4v) is 2.56. The summed E-state index contributed by atoms with van der Waals surface area (Å²) in [5.74, 6) is 1.94. The minimum atomic E-state index is 0.537. The van der Waals surface area contributed by atoms with Crippen LogP contribution in [0.5, 0.6) is 0 Å². The van der Waals surface area contributed by atoms with E-state index in [1.807, 2.05) is 6.20 Å². The van der Waals surface area contributed by atoms with Gasteiger partial charge in [0.05, 0.1) is 18.1 Å². The molecule has 0 atom stereocenters. The van der Waals surface area contributed by atoms with Crippen LogP contribution in [0.25, 0.3) is 0 Å². The van der Waals surface area contributed by atoms with Gasteiger partial charge in [0.15, 0.2) is 5.82 Å². The molecule has 6 heteroatoms. The Balaban J connectivity index is 1.57. The second kappa shape index (κ2) is 6.58. The molecular formula is C15H20N6. The van der Waals surface area contributed by atoms with E-state index in [0.717, 1.165) is 18.0 Å². The molecule has 1 saturated heterocycles. The van der Waals surface area contributed by atoms with Gasteiger partial charge < -0.3 is 10.2 Å². The fraction of sp³-hybridized carbons (Fsp3) is 0.467. The molecule has 110 valence electrons. The highest BCUT2D eigenvalue weighted by molar-refractivity contribution is 5.45. The first-order valence-corrected chi connectivity index (χ1v) is 7.33. The van der Waals surface area contributed by atoms with Crippen molar-refractivity contribution in [1.29, 1.82) is 0 Å². The molecule has 0 saturated carbocycles. The molecule has 2 aromatic rings. The molecule has 1 aliphatic rings. The highest BCUT2D eigenvalue weighted by atomic mass is 15.1. The second-order valence-corrected chi connectivity index (χ2v) is 5.54. The Morgan fingerprint density at radius 2 is 1.86 bits per heavy atom. The van der Waals surface area contributed by atoms with Crippen molar-refractivity contribution >= 4 is 11.8 Å². The highest BCUT2D eigenvalue weighted by Gasteiger charge is 2.17. The van der Waals surface area contributed by atoms with Crippen LogP contribution in [0.1, 0.15) is 18.5 Å². The maximum Gasteiger partial charge on any atom is 0.228 e. The lowest BCUT2D eigenvalue weighted by molar-refractivity contribution is 0.218. The van der Waals surface area contributed by atoms with Crippen LogP contribution in [-0.4, -0.2) is 45.0 Å². The molecule has 0 amide bonds. The van der Waals surface area contributed by atoms with Crippen molar-refractivity contribution < 1.29 is 0 Å². The van der Waals surface area contributed by atoms with Gasteiger partial charge in [-0.2, -0.15) is 0 Å². The lowest BCUT2D eigenvalue weighted by atomic mass is 9.92. The van der Waals surface area contributed by atoms with Crippen LogP contribution < -0.4 is 5.32 Å². The minimum Gasteiger partial charge on any atom is -0.307 e. The third-order valence-electron chi connectivity index (χ3n) is 3.85. The summed E-state index contributed by atoms with van der Waals surface area (Å²) in [7, 11) is 2.18. The minimum absolute atomic E-state index is 0.537. The van der Waals surface area contributed by atoms with E-state index >= 15 is 0 Å². The molecule has 21 heavy (non-hydrogen) atoms. The lowest BCUT2D eigenvalue weighted by Crippen LogP contribution is -2.31. The lowest BCUT2D eigenvalue weighted by Gasteiger charge is -2.28. The Kier molecular flexibility index (Phi) is 4.35. The molecule has 0 radical (unpaired) electrons. The maximum absolute atomic E-state index is 4.49. The summed E-state index contributed by atoms with van der Waals surface area (Å²) in [5, 5.41) is 3.04. The Morgan fingerprint density at radius 1 is 1.10 bits per heavy atom. The number of nitrogens with zero attached hydrogens (tertiary/aromatic N) is 5. The van der Waals surface area contributed by atoms with E-state index in [-0.39, 0.29) is 0 Å². The predicted molar refractivity (Wildman–Crippen MR) is 81.3 cm³/mol. The normalized spacial score (nSPS) is 16.8. The SMILES string of the molecule is CN1CCC(Cc2cnc(Nc3ncccn3)cn2)CC1. The largest absolute Gasteiger partial charge is 0.307 e. The molecule has 0 bridgehead atoms. The van der Waals surface area contributed by atoms with Crippen LogP contribution >= 0.6 is 0 Å². The fourth-order valence-electron chi connectivity index (χ4n) is 2.56. The zero-order chi connectivity index (χ0) is 14.5. The molecule has 0 unspecified atom stereocenters. The third-order valence-corrected chi connectivity index (χ3v) is 3.85. The molecule has 6 nitrogen and oxygen atoms in total.